The number of halogens is 1. The molecule has 6 rings (SSSR count). The van der Waals surface area contributed by atoms with Crippen LogP contribution in [0.15, 0.2) is 34.1 Å². The number of hydrogen-bond acceptors (Lipinski definition) is 7. The molecule has 27 heavy (non-hydrogen) atoms. The van der Waals surface area contributed by atoms with Crippen LogP contribution in [0.5, 0.6) is 0 Å². The van der Waals surface area contributed by atoms with Crippen LogP contribution < -0.4 is 4.90 Å². The molecule has 4 aliphatic heterocycles. The van der Waals surface area contributed by atoms with E-state index < -0.39 is 0 Å². The molecular formula is C18H21BrN6OS. The summed E-state index contributed by atoms with van der Waals surface area (Å²) in [6, 6.07) is 9.71. The minimum atomic E-state index is -0.0308. The molecule has 2 aromatic rings. The van der Waals surface area contributed by atoms with Crippen LogP contribution >= 0.6 is 27.3 Å². The fourth-order valence-corrected chi connectivity index (χ4v) is 5.83. The molecule has 4 aliphatic rings. The molecule has 0 N–H and O–H groups in total. The average Bonchev–Trinajstić information content (AvgIpc) is 2.98. The zero-order chi connectivity index (χ0) is 18.5. The molecule has 1 aromatic carbocycles. The van der Waals surface area contributed by atoms with Crippen molar-refractivity contribution in [2.75, 3.05) is 38.2 Å². The van der Waals surface area contributed by atoms with Crippen molar-refractivity contribution in [3.05, 3.63) is 39.8 Å². The summed E-state index contributed by atoms with van der Waals surface area (Å²) >= 11 is 5.22. The minimum Gasteiger partial charge on any atom is -0.274 e. The average molecular weight is 449 g/mol. The monoisotopic (exact) mass is 448 g/mol. The first-order chi connectivity index (χ1) is 13.1. The van der Waals surface area contributed by atoms with Crippen LogP contribution in [0.1, 0.15) is 12.6 Å². The first-order valence-electron chi connectivity index (χ1n) is 9.02. The van der Waals surface area contributed by atoms with Gasteiger partial charge in [-0.1, -0.05) is 29.5 Å². The highest BCUT2D eigenvalue weighted by atomic mass is 79.9. The van der Waals surface area contributed by atoms with E-state index in [0.29, 0.717) is 6.17 Å². The number of benzene rings is 1. The molecule has 9 heteroatoms. The minimum absolute atomic E-state index is 0.0308. The van der Waals surface area contributed by atoms with E-state index in [1.807, 2.05) is 30.3 Å². The Labute approximate surface area is 170 Å². The molecule has 5 heterocycles. The fourth-order valence-electron chi connectivity index (χ4n) is 4.25. The molecule has 0 unspecified atom stereocenters. The summed E-state index contributed by atoms with van der Waals surface area (Å²) in [6.45, 7) is 6.76. The second-order valence-electron chi connectivity index (χ2n) is 7.32. The van der Waals surface area contributed by atoms with Crippen molar-refractivity contribution < 1.29 is 4.79 Å². The number of amides is 1. The molecule has 0 radical (unpaired) electrons. The van der Waals surface area contributed by atoms with Gasteiger partial charge in [0.15, 0.2) is 5.13 Å². The van der Waals surface area contributed by atoms with E-state index in [1.165, 1.54) is 11.3 Å². The zero-order valence-electron chi connectivity index (χ0n) is 15.1. The summed E-state index contributed by atoms with van der Waals surface area (Å²) in [5.41, 5.74) is 1.88. The lowest BCUT2D eigenvalue weighted by Crippen LogP contribution is -2.75. The predicted molar refractivity (Wildman–Crippen MR) is 108 cm³/mol. The van der Waals surface area contributed by atoms with E-state index in [9.17, 15) is 4.79 Å². The largest absolute Gasteiger partial charge is 0.274 e. The van der Waals surface area contributed by atoms with Gasteiger partial charge in [-0.2, -0.15) is 0 Å². The Morgan fingerprint density at radius 2 is 1.78 bits per heavy atom. The van der Waals surface area contributed by atoms with Gasteiger partial charge in [-0.15, -0.1) is 0 Å². The molecule has 142 valence electrons. The molecule has 0 atom stereocenters. The maximum Gasteiger partial charge on any atom is 0.230 e. The molecule has 1 aromatic heterocycles. The topological polar surface area (TPSA) is 46.2 Å². The van der Waals surface area contributed by atoms with E-state index in [-0.39, 0.29) is 5.91 Å². The Kier molecular flexibility index (Phi) is 4.53. The lowest BCUT2D eigenvalue weighted by Gasteiger charge is -2.60. The second kappa shape index (κ2) is 6.91. The van der Waals surface area contributed by atoms with Gasteiger partial charge in [0.1, 0.15) is 0 Å². The second-order valence-corrected chi connectivity index (χ2v) is 9.61. The van der Waals surface area contributed by atoms with Crippen LogP contribution in [0.2, 0.25) is 0 Å². The van der Waals surface area contributed by atoms with E-state index in [4.69, 9.17) is 4.98 Å². The van der Waals surface area contributed by atoms with Crippen molar-refractivity contribution in [1.82, 2.24) is 24.6 Å². The van der Waals surface area contributed by atoms with Gasteiger partial charge in [0.25, 0.3) is 0 Å². The van der Waals surface area contributed by atoms with Crippen molar-refractivity contribution in [2.24, 2.45) is 0 Å². The highest BCUT2D eigenvalue weighted by molar-refractivity contribution is 9.11. The van der Waals surface area contributed by atoms with Crippen molar-refractivity contribution in [3.63, 3.8) is 0 Å². The highest BCUT2D eigenvalue weighted by Crippen LogP contribution is 2.37. The maximum absolute atomic E-state index is 12.3. The summed E-state index contributed by atoms with van der Waals surface area (Å²) in [7, 11) is 0. The van der Waals surface area contributed by atoms with Gasteiger partial charge >= 0.3 is 0 Å². The van der Waals surface area contributed by atoms with Gasteiger partial charge in [-0.3, -0.25) is 29.3 Å². The summed E-state index contributed by atoms with van der Waals surface area (Å²) in [4.78, 5) is 28.8. The van der Waals surface area contributed by atoms with E-state index >= 15 is 0 Å². The van der Waals surface area contributed by atoms with Gasteiger partial charge in [0, 0.05) is 13.3 Å². The number of rotatable bonds is 4. The number of nitrogens with zero attached hydrogens (tertiary/aromatic N) is 6. The lowest BCUT2D eigenvalue weighted by atomic mass is 10.2. The smallest absolute Gasteiger partial charge is 0.230 e. The Balaban J connectivity index is 1.40. The standard InChI is InChI=1S/C18H21BrN6OS/c1-13(26)25(14-5-3-2-4-6-14)18-20-15(17(19)27-18)7-16-23-9-21-8-22(11-23)12-24(16)10-21/h2-6,16H,7-12H2,1H3. The number of thiazole rings is 1. The molecule has 1 amide bonds. The third-order valence-corrected chi connectivity index (χ3v) is 7.12. The third-order valence-electron chi connectivity index (χ3n) is 5.30. The quantitative estimate of drug-likeness (QED) is 0.715. The van der Waals surface area contributed by atoms with E-state index in [1.54, 1.807) is 11.8 Å². The molecule has 7 nitrogen and oxygen atoms in total. The number of carbonyl (C=O) groups is 1. The molecule has 4 bridgehead atoms. The van der Waals surface area contributed by atoms with Crippen LogP contribution in [0.3, 0.4) is 0 Å². The van der Waals surface area contributed by atoms with Crippen LogP contribution in [0, 0.1) is 0 Å². The normalized spacial score (nSPS) is 31.3. The number of para-hydroxylation sites is 1. The first kappa shape index (κ1) is 17.7. The maximum atomic E-state index is 12.3. The fraction of sp³-hybridized carbons (Fsp3) is 0.444. The van der Waals surface area contributed by atoms with Crippen molar-refractivity contribution in [3.8, 4) is 0 Å². The summed E-state index contributed by atoms with van der Waals surface area (Å²) < 4.78 is 1.01. The molecule has 0 spiro atoms. The third kappa shape index (κ3) is 3.22. The number of aromatic nitrogens is 1. The van der Waals surface area contributed by atoms with Gasteiger partial charge in [-0.05, 0) is 28.1 Å². The van der Waals surface area contributed by atoms with Crippen LogP contribution in [-0.4, -0.2) is 70.0 Å². The lowest BCUT2D eigenvalue weighted by molar-refractivity contribution is -0.230. The SMILES string of the molecule is CC(=O)N(c1ccccc1)c1nc(CC2N3CN4CN(C3)CN2C4)c(Br)s1. The molecule has 4 fully saturated rings. The van der Waals surface area contributed by atoms with Crippen molar-refractivity contribution in [1.29, 1.82) is 0 Å². The highest BCUT2D eigenvalue weighted by Gasteiger charge is 2.43. The van der Waals surface area contributed by atoms with E-state index in [2.05, 4.69) is 35.5 Å². The van der Waals surface area contributed by atoms with Gasteiger partial charge in [0.2, 0.25) is 5.91 Å². The first-order valence-corrected chi connectivity index (χ1v) is 10.6. The Bertz CT molecular complexity index is 831. The van der Waals surface area contributed by atoms with Gasteiger partial charge in [0.05, 0.1) is 54.7 Å². The summed E-state index contributed by atoms with van der Waals surface area (Å²) in [6.07, 6.45) is 1.23. The molecule has 0 saturated carbocycles. The number of hydrogen-bond donors (Lipinski definition) is 0. The number of anilines is 2. The van der Waals surface area contributed by atoms with Crippen molar-refractivity contribution >= 4 is 44.0 Å². The van der Waals surface area contributed by atoms with Gasteiger partial charge in [-0.25, -0.2) is 4.98 Å². The van der Waals surface area contributed by atoms with Crippen molar-refractivity contribution in [2.45, 2.75) is 19.5 Å². The molecule has 0 aliphatic carbocycles. The Morgan fingerprint density at radius 1 is 1.15 bits per heavy atom. The van der Waals surface area contributed by atoms with Crippen LogP contribution in [-0.2, 0) is 11.2 Å². The Morgan fingerprint density at radius 3 is 2.37 bits per heavy atom. The zero-order valence-corrected chi connectivity index (χ0v) is 17.5. The number of carbonyl (C=O) groups excluding carboxylic acids is 1. The van der Waals surface area contributed by atoms with Crippen LogP contribution in [0.4, 0.5) is 10.8 Å². The summed E-state index contributed by atoms with van der Waals surface area (Å²) in [5.74, 6) is -0.0308. The predicted octanol–water partition coefficient (Wildman–Crippen LogP) is 2.50. The van der Waals surface area contributed by atoms with E-state index in [0.717, 1.165) is 60.1 Å². The van der Waals surface area contributed by atoms with Crippen LogP contribution in [0.25, 0.3) is 0 Å². The summed E-state index contributed by atoms with van der Waals surface area (Å²) in [5, 5.41) is 0.719. The molecular weight excluding hydrogens is 428 g/mol. The Hall–Kier alpha value is -1.36. The molecule has 4 saturated heterocycles. The van der Waals surface area contributed by atoms with Gasteiger partial charge < -0.3 is 0 Å².